The fourth-order valence-electron chi connectivity index (χ4n) is 4.53. The number of hydrogen-bond donors (Lipinski definition) is 8. The van der Waals surface area contributed by atoms with Crippen molar-refractivity contribution in [2.75, 3.05) is 10.6 Å². The third-order valence-corrected chi connectivity index (χ3v) is 10.3. The largest absolute Gasteiger partial charge is 0.505 e. The van der Waals surface area contributed by atoms with E-state index in [2.05, 4.69) is 35.8 Å². The zero-order chi connectivity index (χ0) is 39.3. The first-order valence-corrected chi connectivity index (χ1v) is 19.6. The Hall–Kier alpha value is -5.45. The number of aromatic nitrogens is 3. The van der Waals surface area contributed by atoms with Crippen LogP contribution in [0, 0.1) is 0 Å². The van der Waals surface area contributed by atoms with Crippen molar-refractivity contribution >= 4 is 103 Å². The van der Waals surface area contributed by atoms with Gasteiger partial charge in [0.25, 0.3) is 40.5 Å². The molecule has 8 N–H and O–H groups in total. The summed E-state index contributed by atoms with van der Waals surface area (Å²) in [5.74, 6) is -3.90. The molecule has 0 atom stereocenters. The molecule has 22 nitrogen and oxygen atoms in total. The molecule has 4 aromatic carbocycles. The lowest BCUT2D eigenvalue weighted by molar-refractivity contribution is 0.0697. The Morgan fingerprint density at radius 3 is 1.81 bits per heavy atom. The molecule has 0 aliphatic heterocycles. The van der Waals surface area contributed by atoms with Crippen molar-refractivity contribution in [3.8, 4) is 5.75 Å². The van der Waals surface area contributed by atoms with Crippen LogP contribution in [0.2, 0.25) is 5.28 Å². The maximum absolute atomic E-state index is 12.4. The molecule has 53 heavy (non-hydrogen) atoms. The molecule has 0 saturated carbocycles. The van der Waals surface area contributed by atoms with E-state index in [9.17, 15) is 66.9 Å². The molecule has 27 heteroatoms. The Morgan fingerprint density at radius 1 is 0.660 bits per heavy atom. The van der Waals surface area contributed by atoms with Crippen molar-refractivity contribution in [3.05, 3.63) is 71.5 Å². The van der Waals surface area contributed by atoms with E-state index < -0.39 is 122 Å². The summed E-state index contributed by atoms with van der Waals surface area (Å²) in [6, 6.07) is 8.87. The van der Waals surface area contributed by atoms with Crippen LogP contribution >= 0.6 is 11.6 Å². The van der Waals surface area contributed by atoms with E-state index in [0.29, 0.717) is 24.3 Å². The van der Waals surface area contributed by atoms with Crippen LogP contribution in [0.25, 0.3) is 10.8 Å². The first-order valence-electron chi connectivity index (χ1n) is 13.5. The van der Waals surface area contributed by atoms with Gasteiger partial charge < -0.3 is 20.8 Å². The van der Waals surface area contributed by atoms with E-state index in [1.807, 2.05) is 0 Å². The van der Waals surface area contributed by atoms with Gasteiger partial charge in [0.2, 0.25) is 17.2 Å². The quantitative estimate of drug-likeness (QED) is 0.0689. The van der Waals surface area contributed by atoms with Crippen molar-refractivity contribution < 1.29 is 66.9 Å². The van der Waals surface area contributed by atoms with Crippen LogP contribution in [0.4, 0.5) is 34.6 Å². The molecule has 278 valence electrons. The zero-order valence-corrected chi connectivity index (χ0v) is 29.4. The number of benzene rings is 4. The second-order valence-corrected chi connectivity index (χ2v) is 16.2. The summed E-state index contributed by atoms with van der Waals surface area (Å²) in [6.45, 7) is 0. The SMILES string of the molecule is O=C(O)c1cc(S(=O)(=O)O)ccc1Nc1nc(Cl)nc(Nc2cc(S(=O)(=O)O)cc3cc(S(=O)(=O)O)c(/N=N/c4ccccc4S(=O)(=O)O)c(O)c23)n1. The number of azo groups is 1. The number of nitrogens with one attached hydrogen (secondary N) is 2. The summed E-state index contributed by atoms with van der Waals surface area (Å²) >= 11 is 6.03. The first-order chi connectivity index (χ1) is 24.4. The lowest BCUT2D eigenvalue weighted by Crippen LogP contribution is -2.09. The lowest BCUT2D eigenvalue weighted by atomic mass is 10.1. The number of aromatic carboxylic acids is 1. The molecule has 0 fully saturated rings. The normalized spacial score (nSPS) is 12.6. The minimum atomic E-state index is -5.33. The van der Waals surface area contributed by atoms with E-state index >= 15 is 0 Å². The number of fused-ring (bicyclic) bond motifs is 1. The summed E-state index contributed by atoms with van der Waals surface area (Å²) in [7, 11) is -20.1. The molecule has 0 spiro atoms. The van der Waals surface area contributed by atoms with Gasteiger partial charge in [-0.15, -0.1) is 10.2 Å². The van der Waals surface area contributed by atoms with Crippen molar-refractivity contribution in [1.82, 2.24) is 15.0 Å². The third-order valence-electron chi connectivity index (χ3n) is 6.72. The molecule has 0 radical (unpaired) electrons. The van der Waals surface area contributed by atoms with E-state index in [1.54, 1.807) is 0 Å². The molecule has 0 aliphatic rings. The molecular formula is C26H18ClN7O15S4. The molecule has 0 saturated heterocycles. The molecule has 1 heterocycles. The average molecular weight is 832 g/mol. The van der Waals surface area contributed by atoms with E-state index in [-0.39, 0.29) is 5.69 Å². The number of carboxylic acid groups (broad SMARTS) is 1. The van der Waals surface area contributed by atoms with Crippen LogP contribution < -0.4 is 10.6 Å². The number of phenols is 1. The van der Waals surface area contributed by atoms with Gasteiger partial charge in [0.05, 0.1) is 26.7 Å². The second-order valence-electron chi connectivity index (χ2n) is 10.2. The summed E-state index contributed by atoms with van der Waals surface area (Å²) < 4.78 is 134. The molecular weight excluding hydrogens is 814 g/mol. The van der Waals surface area contributed by atoms with E-state index in [0.717, 1.165) is 24.3 Å². The predicted octanol–water partition coefficient (Wildman–Crippen LogP) is 3.97. The number of nitrogens with zero attached hydrogens (tertiary/aromatic N) is 5. The maximum atomic E-state index is 12.4. The van der Waals surface area contributed by atoms with Gasteiger partial charge in [0.15, 0.2) is 5.75 Å². The average Bonchev–Trinajstić information content (AvgIpc) is 3.02. The van der Waals surface area contributed by atoms with Crippen molar-refractivity contribution in [2.45, 2.75) is 19.6 Å². The summed E-state index contributed by atoms with van der Waals surface area (Å²) in [4.78, 5) is 19.7. The highest BCUT2D eigenvalue weighted by atomic mass is 35.5. The molecule has 1 aromatic heterocycles. The number of hydrogen-bond acceptors (Lipinski definition) is 17. The number of rotatable bonds is 11. The Labute approximate surface area is 301 Å². The molecule has 0 unspecified atom stereocenters. The number of phenolic OH excluding ortho intramolecular Hbond substituents is 1. The van der Waals surface area contributed by atoms with Gasteiger partial charge >= 0.3 is 5.97 Å². The zero-order valence-electron chi connectivity index (χ0n) is 25.4. The minimum absolute atomic E-state index is 0.321. The van der Waals surface area contributed by atoms with Gasteiger partial charge in [-0.1, -0.05) is 12.1 Å². The van der Waals surface area contributed by atoms with Crippen LogP contribution in [0.5, 0.6) is 5.75 Å². The standard InChI is InChI=1S/C26H18ClN7O15S4/c27-24-30-25(28-15-6-5-12(50(38,39)40)9-14(15)23(36)37)32-26(31-24)29-17-10-13(51(41,42)43)7-11-8-19(53(47,48)49)21(22(35)20(11)17)34-33-16-3-1-2-4-18(16)52(44,45)46/h1-10,35H,(H,36,37)(H,38,39,40)(H,41,42,43)(H,44,45,46)(H,47,48,49)(H2,28,29,30,31,32)/b34-33+. The number of anilines is 4. The van der Waals surface area contributed by atoms with Crippen LogP contribution in [0.1, 0.15) is 10.4 Å². The Morgan fingerprint density at radius 2 is 1.25 bits per heavy atom. The minimum Gasteiger partial charge on any atom is -0.505 e. The Balaban J connectivity index is 1.70. The molecule has 0 bridgehead atoms. The highest BCUT2D eigenvalue weighted by Gasteiger charge is 2.27. The fraction of sp³-hybridized carbons (Fsp3) is 0. The van der Waals surface area contributed by atoms with Crippen LogP contribution in [0.15, 0.2) is 90.5 Å². The highest BCUT2D eigenvalue weighted by Crippen LogP contribution is 2.46. The first kappa shape index (κ1) is 38.8. The predicted molar refractivity (Wildman–Crippen MR) is 180 cm³/mol. The van der Waals surface area contributed by atoms with Gasteiger partial charge in [-0.2, -0.15) is 48.6 Å². The van der Waals surface area contributed by atoms with Gasteiger partial charge in [-0.25, -0.2) is 4.79 Å². The maximum Gasteiger partial charge on any atom is 0.337 e. The number of aromatic hydroxyl groups is 1. The summed E-state index contributed by atoms with van der Waals surface area (Å²) in [6.07, 6.45) is 0. The molecule has 0 amide bonds. The van der Waals surface area contributed by atoms with Crippen LogP contribution in [-0.2, 0) is 40.5 Å². The van der Waals surface area contributed by atoms with Gasteiger partial charge in [-0.05, 0) is 65.5 Å². The smallest absolute Gasteiger partial charge is 0.337 e. The lowest BCUT2D eigenvalue weighted by Gasteiger charge is -2.15. The number of halogens is 1. The molecule has 5 aromatic rings. The van der Waals surface area contributed by atoms with Crippen LogP contribution in [-0.4, -0.2) is 83.0 Å². The number of carbonyl (C=O) groups is 1. The molecule has 5 rings (SSSR count). The number of carboxylic acids is 1. The van der Waals surface area contributed by atoms with Gasteiger partial charge in [0, 0.05) is 5.39 Å². The van der Waals surface area contributed by atoms with E-state index in [4.69, 9.17) is 11.6 Å². The molecule has 0 aliphatic carbocycles. The van der Waals surface area contributed by atoms with Gasteiger partial charge in [-0.3, -0.25) is 18.2 Å². The Kier molecular flexibility index (Phi) is 10.1. The summed E-state index contributed by atoms with van der Waals surface area (Å²) in [5, 5.41) is 31.5. The highest BCUT2D eigenvalue weighted by molar-refractivity contribution is 7.86. The van der Waals surface area contributed by atoms with Crippen molar-refractivity contribution in [1.29, 1.82) is 0 Å². The monoisotopic (exact) mass is 831 g/mol. The fourth-order valence-corrected chi connectivity index (χ4v) is 7.03. The van der Waals surface area contributed by atoms with Crippen molar-refractivity contribution in [3.63, 3.8) is 0 Å². The summed E-state index contributed by atoms with van der Waals surface area (Å²) in [5.41, 5.74) is -3.11. The van der Waals surface area contributed by atoms with Crippen LogP contribution in [0.3, 0.4) is 0 Å². The topological polar surface area (TPSA) is 362 Å². The Bertz CT molecular complexity index is 2860. The van der Waals surface area contributed by atoms with E-state index in [1.165, 1.54) is 12.1 Å². The second kappa shape index (κ2) is 13.8. The van der Waals surface area contributed by atoms with Gasteiger partial charge in [0.1, 0.15) is 21.2 Å². The third kappa shape index (κ3) is 8.62. The van der Waals surface area contributed by atoms with Crippen molar-refractivity contribution in [2.24, 2.45) is 10.2 Å².